The Morgan fingerprint density at radius 3 is 2.86 bits per heavy atom. The van der Waals surface area contributed by atoms with E-state index < -0.39 is 0 Å². The van der Waals surface area contributed by atoms with Gasteiger partial charge in [0.05, 0.1) is 15.4 Å². The van der Waals surface area contributed by atoms with E-state index in [1.54, 1.807) is 18.2 Å². The summed E-state index contributed by atoms with van der Waals surface area (Å²) in [5.41, 5.74) is 0.402. The van der Waals surface area contributed by atoms with Gasteiger partial charge >= 0.3 is 0 Å². The number of hydrogen-bond donors (Lipinski definition) is 1. The number of aromatic nitrogens is 2. The summed E-state index contributed by atoms with van der Waals surface area (Å²) in [6.45, 7) is 0.0954. The molecule has 0 unspecified atom stereocenters. The molecule has 0 saturated heterocycles. The predicted octanol–water partition coefficient (Wildman–Crippen LogP) is 3.40. The van der Waals surface area contributed by atoms with Gasteiger partial charge in [-0.1, -0.05) is 12.1 Å². The van der Waals surface area contributed by atoms with Crippen molar-refractivity contribution in [3.8, 4) is 5.75 Å². The van der Waals surface area contributed by atoms with Crippen LogP contribution in [-0.4, -0.2) is 9.97 Å². The van der Waals surface area contributed by atoms with Gasteiger partial charge in [-0.15, -0.1) is 0 Å². The van der Waals surface area contributed by atoms with Gasteiger partial charge in [0.15, 0.2) is 0 Å². The highest BCUT2D eigenvalue weighted by molar-refractivity contribution is 9.10. The predicted molar refractivity (Wildman–Crippen MR) is 80.8 cm³/mol. The number of aromatic amines is 1. The van der Waals surface area contributed by atoms with Crippen LogP contribution in [0.25, 0.3) is 10.9 Å². The number of benzene rings is 2. The zero-order valence-electron chi connectivity index (χ0n) is 10.8. The SMILES string of the molecule is O=c1[nH]c(COc2ccc(F)c(Br)c2)nc2ccccc12. The molecule has 106 valence electrons. The quantitative estimate of drug-likeness (QED) is 0.789. The van der Waals surface area contributed by atoms with Gasteiger partial charge in [0, 0.05) is 0 Å². The van der Waals surface area contributed by atoms with Crippen molar-refractivity contribution in [2.75, 3.05) is 0 Å². The summed E-state index contributed by atoms with van der Waals surface area (Å²) >= 11 is 3.09. The van der Waals surface area contributed by atoms with Crippen molar-refractivity contribution in [2.24, 2.45) is 0 Å². The summed E-state index contributed by atoms with van der Waals surface area (Å²) in [7, 11) is 0. The molecule has 1 heterocycles. The molecule has 0 amide bonds. The Kier molecular flexibility index (Phi) is 3.70. The van der Waals surface area contributed by atoms with Gasteiger partial charge in [-0.3, -0.25) is 4.79 Å². The Balaban J connectivity index is 1.85. The zero-order chi connectivity index (χ0) is 14.8. The van der Waals surface area contributed by atoms with Crippen molar-refractivity contribution in [1.82, 2.24) is 9.97 Å². The molecule has 0 bridgehead atoms. The van der Waals surface area contributed by atoms with Gasteiger partial charge in [-0.05, 0) is 46.3 Å². The smallest absolute Gasteiger partial charge is 0.258 e. The molecule has 1 aromatic heterocycles. The van der Waals surface area contributed by atoms with E-state index in [0.29, 0.717) is 26.9 Å². The Bertz CT molecular complexity index is 864. The molecule has 1 N–H and O–H groups in total. The van der Waals surface area contributed by atoms with Crippen LogP contribution in [0.5, 0.6) is 5.75 Å². The Morgan fingerprint density at radius 1 is 1.24 bits per heavy atom. The van der Waals surface area contributed by atoms with Crippen molar-refractivity contribution in [3.63, 3.8) is 0 Å². The van der Waals surface area contributed by atoms with Gasteiger partial charge in [-0.25, -0.2) is 9.37 Å². The monoisotopic (exact) mass is 348 g/mol. The lowest BCUT2D eigenvalue weighted by atomic mass is 10.2. The third-order valence-corrected chi connectivity index (χ3v) is 3.54. The van der Waals surface area contributed by atoms with Gasteiger partial charge in [0.2, 0.25) is 0 Å². The second kappa shape index (κ2) is 5.65. The summed E-state index contributed by atoms with van der Waals surface area (Å²) in [5.74, 6) is 0.540. The van der Waals surface area contributed by atoms with E-state index in [2.05, 4.69) is 25.9 Å². The van der Waals surface area contributed by atoms with Crippen LogP contribution < -0.4 is 10.3 Å². The molecule has 3 rings (SSSR count). The first-order valence-electron chi connectivity index (χ1n) is 6.19. The number of hydrogen-bond acceptors (Lipinski definition) is 3. The maximum Gasteiger partial charge on any atom is 0.258 e. The van der Waals surface area contributed by atoms with E-state index in [9.17, 15) is 9.18 Å². The van der Waals surface area contributed by atoms with E-state index in [-0.39, 0.29) is 18.0 Å². The summed E-state index contributed by atoms with van der Waals surface area (Å²) < 4.78 is 18.9. The van der Waals surface area contributed by atoms with Crippen LogP contribution in [0.3, 0.4) is 0 Å². The van der Waals surface area contributed by atoms with Crippen LogP contribution in [0.1, 0.15) is 5.82 Å². The Morgan fingerprint density at radius 2 is 2.05 bits per heavy atom. The van der Waals surface area contributed by atoms with Crippen molar-refractivity contribution in [2.45, 2.75) is 6.61 Å². The van der Waals surface area contributed by atoms with E-state index in [1.807, 2.05) is 6.07 Å². The Hall–Kier alpha value is -2.21. The first-order valence-corrected chi connectivity index (χ1v) is 6.98. The zero-order valence-corrected chi connectivity index (χ0v) is 12.4. The fourth-order valence-corrected chi connectivity index (χ4v) is 2.28. The van der Waals surface area contributed by atoms with Crippen LogP contribution in [0.2, 0.25) is 0 Å². The lowest BCUT2D eigenvalue weighted by molar-refractivity contribution is 0.295. The van der Waals surface area contributed by atoms with E-state index in [1.165, 1.54) is 18.2 Å². The number of para-hydroxylation sites is 1. The number of halogens is 2. The molecule has 0 spiro atoms. The molecular weight excluding hydrogens is 339 g/mol. The fourth-order valence-electron chi connectivity index (χ4n) is 1.92. The Labute approximate surface area is 127 Å². The van der Waals surface area contributed by atoms with Crippen LogP contribution >= 0.6 is 15.9 Å². The number of nitrogens with one attached hydrogen (secondary N) is 1. The first-order chi connectivity index (χ1) is 10.1. The molecule has 0 atom stereocenters. The van der Waals surface area contributed by atoms with Crippen LogP contribution in [0.4, 0.5) is 4.39 Å². The van der Waals surface area contributed by atoms with E-state index in [4.69, 9.17) is 4.74 Å². The molecule has 2 aromatic carbocycles. The average Bonchev–Trinajstić information content (AvgIpc) is 2.49. The second-order valence-electron chi connectivity index (χ2n) is 4.39. The molecular formula is C15H10BrFN2O2. The average molecular weight is 349 g/mol. The first kappa shape index (κ1) is 13.8. The lowest BCUT2D eigenvalue weighted by Gasteiger charge is -2.07. The van der Waals surface area contributed by atoms with Crippen LogP contribution in [-0.2, 0) is 6.61 Å². The van der Waals surface area contributed by atoms with Gasteiger partial charge in [0.1, 0.15) is 24.0 Å². The molecule has 4 nitrogen and oxygen atoms in total. The van der Waals surface area contributed by atoms with E-state index in [0.717, 1.165) is 0 Å². The van der Waals surface area contributed by atoms with Crippen molar-refractivity contribution < 1.29 is 9.13 Å². The highest BCUT2D eigenvalue weighted by atomic mass is 79.9. The number of nitrogens with zero attached hydrogens (tertiary/aromatic N) is 1. The minimum absolute atomic E-state index is 0.0954. The second-order valence-corrected chi connectivity index (χ2v) is 5.25. The molecule has 0 radical (unpaired) electrons. The van der Waals surface area contributed by atoms with Gasteiger partial charge in [0.25, 0.3) is 5.56 Å². The molecule has 0 aliphatic rings. The van der Waals surface area contributed by atoms with Crippen molar-refractivity contribution in [1.29, 1.82) is 0 Å². The number of H-pyrrole nitrogens is 1. The molecule has 0 aliphatic heterocycles. The lowest BCUT2D eigenvalue weighted by Crippen LogP contribution is -2.13. The molecule has 21 heavy (non-hydrogen) atoms. The maximum atomic E-state index is 13.1. The fraction of sp³-hybridized carbons (Fsp3) is 0.0667. The normalized spacial score (nSPS) is 10.8. The van der Waals surface area contributed by atoms with E-state index >= 15 is 0 Å². The van der Waals surface area contributed by atoms with Crippen LogP contribution in [0.15, 0.2) is 51.7 Å². The minimum Gasteiger partial charge on any atom is -0.486 e. The number of fused-ring (bicyclic) bond motifs is 1. The third-order valence-electron chi connectivity index (χ3n) is 2.93. The van der Waals surface area contributed by atoms with Gasteiger partial charge in [-0.2, -0.15) is 0 Å². The number of ether oxygens (including phenoxy) is 1. The molecule has 0 fully saturated rings. The molecule has 3 aromatic rings. The molecule has 0 aliphatic carbocycles. The third kappa shape index (κ3) is 2.95. The maximum absolute atomic E-state index is 13.1. The number of rotatable bonds is 3. The summed E-state index contributed by atoms with van der Waals surface area (Å²) in [6.07, 6.45) is 0. The minimum atomic E-state index is -0.361. The largest absolute Gasteiger partial charge is 0.486 e. The summed E-state index contributed by atoms with van der Waals surface area (Å²) in [5, 5.41) is 0.533. The van der Waals surface area contributed by atoms with Crippen molar-refractivity contribution in [3.05, 3.63) is 68.9 Å². The molecule has 0 saturated carbocycles. The summed E-state index contributed by atoms with van der Waals surface area (Å²) in [4.78, 5) is 18.9. The highest BCUT2D eigenvalue weighted by Crippen LogP contribution is 2.22. The standard InChI is InChI=1S/C15H10BrFN2O2/c16-11-7-9(5-6-12(11)17)21-8-14-18-13-4-2-1-3-10(13)15(20)19-14/h1-7H,8H2,(H,18,19,20). The molecule has 6 heteroatoms. The van der Waals surface area contributed by atoms with Crippen LogP contribution in [0, 0.1) is 5.82 Å². The highest BCUT2D eigenvalue weighted by Gasteiger charge is 2.05. The van der Waals surface area contributed by atoms with Crippen molar-refractivity contribution >= 4 is 26.8 Å². The van der Waals surface area contributed by atoms with Gasteiger partial charge < -0.3 is 9.72 Å². The topological polar surface area (TPSA) is 55.0 Å². The summed E-state index contributed by atoms with van der Waals surface area (Å²) in [6, 6.07) is 11.4.